The van der Waals surface area contributed by atoms with Crippen LogP contribution in [0.3, 0.4) is 0 Å². The topological polar surface area (TPSA) is 26.8 Å². The van der Waals surface area contributed by atoms with Gasteiger partial charge in [-0.3, -0.25) is 9.69 Å². The Hall–Kier alpha value is -1.60. The fraction of sp³-hybridized carbons (Fsp3) is 0.696. The molecule has 2 heterocycles. The summed E-state index contributed by atoms with van der Waals surface area (Å²) >= 11 is 0. The molecule has 0 bridgehead atoms. The highest BCUT2D eigenvalue weighted by Gasteiger charge is 2.30. The number of nitrogens with zero attached hydrogens (tertiary/aromatic N) is 3. The highest BCUT2D eigenvalue weighted by molar-refractivity contribution is 5.78. The van der Waals surface area contributed by atoms with Gasteiger partial charge in [0, 0.05) is 20.1 Å². The van der Waals surface area contributed by atoms with Gasteiger partial charge in [-0.1, -0.05) is 24.6 Å². The number of amides is 1. The van der Waals surface area contributed by atoms with Crippen LogP contribution in [-0.2, 0) is 17.4 Å². The Morgan fingerprint density at radius 1 is 1.07 bits per heavy atom. The summed E-state index contributed by atoms with van der Waals surface area (Å²) < 4.78 is 38.6. The Morgan fingerprint density at radius 2 is 1.77 bits per heavy atom. The van der Waals surface area contributed by atoms with Gasteiger partial charge < -0.3 is 9.80 Å². The van der Waals surface area contributed by atoms with Crippen molar-refractivity contribution in [3.05, 3.63) is 35.4 Å². The van der Waals surface area contributed by atoms with Crippen LogP contribution in [0.15, 0.2) is 24.3 Å². The van der Waals surface area contributed by atoms with Gasteiger partial charge in [0.2, 0.25) is 5.91 Å². The van der Waals surface area contributed by atoms with Crippen molar-refractivity contribution in [3.8, 4) is 0 Å². The molecule has 0 saturated carbocycles. The molecule has 2 fully saturated rings. The van der Waals surface area contributed by atoms with Crippen molar-refractivity contribution in [2.75, 3.05) is 52.9 Å². The first-order chi connectivity index (χ1) is 14.3. The number of alkyl halides is 3. The summed E-state index contributed by atoms with van der Waals surface area (Å²) in [6.45, 7) is 6.06. The number of piperidine rings is 2. The van der Waals surface area contributed by atoms with E-state index in [0.717, 1.165) is 63.7 Å². The normalized spacial score (nSPS) is 19.7. The fourth-order valence-corrected chi connectivity index (χ4v) is 4.50. The summed E-state index contributed by atoms with van der Waals surface area (Å²) in [6, 6.07) is 5.64. The summed E-state index contributed by atoms with van der Waals surface area (Å²) in [5, 5.41) is 0. The van der Waals surface area contributed by atoms with E-state index in [1.165, 1.54) is 31.4 Å². The number of carbonyl (C=O) groups is 1. The molecule has 1 amide bonds. The van der Waals surface area contributed by atoms with Crippen LogP contribution in [0, 0.1) is 5.92 Å². The average Bonchev–Trinajstić information content (AvgIpc) is 2.73. The van der Waals surface area contributed by atoms with Crippen molar-refractivity contribution >= 4 is 5.91 Å². The van der Waals surface area contributed by atoms with Gasteiger partial charge in [0.25, 0.3) is 0 Å². The van der Waals surface area contributed by atoms with Crippen molar-refractivity contribution in [2.45, 2.75) is 44.7 Å². The summed E-state index contributed by atoms with van der Waals surface area (Å²) in [7, 11) is 1.91. The zero-order valence-corrected chi connectivity index (χ0v) is 18.0. The lowest BCUT2D eigenvalue weighted by Gasteiger charge is -2.34. The molecule has 0 radical (unpaired) electrons. The van der Waals surface area contributed by atoms with Crippen molar-refractivity contribution in [1.82, 2.24) is 14.7 Å². The lowest BCUT2D eigenvalue weighted by Crippen LogP contribution is -2.44. The largest absolute Gasteiger partial charge is 0.416 e. The second-order valence-electron chi connectivity index (χ2n) is 8.84. The summed E-state index contributed by atoms with van der Waals surface area (Å²) in [5.74, 6) is 0.717. The quantitative estimate of drug-likeness (QED) is 0.663. The monoisotopic (exact) mass is 425 g/mol. The average molecular weight is 426 g/mol. The van der Waals surface area contributed by atoms with E-state index in [4.69, 9.17) is 0 Å². The van der Waals surface area contributed by atoms with Crippen molar-refractivity contribution in [1.29, 1.82) is 0 Å². The fourth-order valence-electron chi connectivity index (χ4n) is 4.50. The molecule has 0 unspecified atom stereocenters. The number of halogens is 3. The molecule has 0 aliphatic carbocycles. The highest BCUT2D eigenvalue weighted by atomic mass is 19.4. The van der Waals surface area contributed by atoms with Gasteiger partial charge in [0.15, 0.2) is 0 Å². The minimum Gasteiger partial charge on any atom is -0.344 e. The maximum atomic E-state index is 12.9. The molecule has 7 heteroatoms. The van der Waals surface area contributed by atoms with Crippen LogP contribution < -0.4 is 0 Å². The number of hydrogen-bond donors (Lipinski definition) is 0. The Labute approximate surface area is 178 Å². The first-order valence-corrected chi connectivity index (χ1v) is 11.2. The molecule has 1 aromatic carbocycles. The van der Waals surface area contributed by atoms with E-state index in [2.05, 4.69) is 9.80 Å². The zero-order chi connectivity index (χ0) is 21.6. The molecule has 3 rings (SSSR count). The number of benzene rings is 1. The van der Waals surface area contributed by atoms with E-state index < -0.39 is 11.7 Å². The summed E-state index contributed by atoms with van der Waals surface area (Å²) in [6.07, 6.45) is 2.06. The van der Waals surface area contributed by atoms with Crippen LogP contribution in [-0.4, -0.2) is 73.5 Å². The van der Waals surface area contributed by atoms with Crippen LogP contribution in [0.4, 0.5) is 13.2 Å². The van der Waals surface area contributed by atoms with Crippen LogP contribution in [0.25, 0.3) is 0 Å². The van der Waals surface area contributed by atoms with Gasteiger partial charge in [0.1, 0.15) is 0 Å². The van der Waals surface area contributed by atoms with Gasteiger partial charge >= 0.3 is 6.18 Å². The Bertz CT molecular complexity index is 681. The SMILES string of the molecule is CN(CC1CCN(CCc2cccc(C(F)(F)F)c2)CC1)C(=O)CN1CCCCC1. The number of carbonyl (C=O) groups excluding carboxylic acids is 1. The smallest absolute Gasteiger partial charge is 0.344 e. The second-order valence-corrected chi connectivity index (χ2v) is 8.84. The van der Waals surface area contributed by atoms with Crippen LogP contribution >= 0.6 is 0 Å². The maximum absolute atomic E-state index is 12.9. The molecular weight excluding hydrogens is 391 g/mol. The lowest BCUT2D eigenvalue weighted by atomic mass is 9.96. The minimum absolute atomic E-state index is 0.212. The predicted octanol–water partition coefficient (Wildman–Crippen LogP) is 3.90. The van der Waals surface area contributed by atoms with Crippen molar-refractivity contribution in [2.24, 2.45) is 5.92 Å². The van der Waals surface area contributed by atoms with E-state index in [1.807, 2.05) is 11.9 Å². The molecular formula is C23H34F3N3O. The molecule has 30 heavy (non-hydrogen) atoms. The summed E-state index contributed by atoms with van der Waals surface area (Å²) in [5.41, 5.74) is 0.158. The van der Waals surface area contributed by atoms with E-state index in [9.17, 15) is 18.0 Å². The third kappa shape index (κ3) is 6.98. The second kappa shape index (κ2) is 10.6. The van der Waals surface area contributed by atoms with E-state index in [1.54, 1.807) is 6.07 Å². The maximum Gasteiger partial charge on any atom is 0.416 e. The molecule has 168 valence electrons. The van der Waals surface area contributed by atoms with Gasteiger partial charge in [-0.25, -0.2) is 0 Å². The van der Waals surface area contributed by atoms with Crippen LogP contribution in [0.1, 0.15) is 43.2 Å². The highest BCUT2D eigenvalue weighted by Crippen LogP contribution is 2.29. The molecule has 4 nitrogen and oxygen atoms in total. The Kier molecular flexibility index (Phi) is 8.17. The Morgan fingerprint density at radius 3 is 2.43 bits per heavy atom. The van der Waals surface area contributed by atoms with Gasteiger partial charge in [-0.05, 0) is 75.8 Å². The first kappa shape index (κ1) is 23.1. The molecule has 0 atom stereocenters. The minimum atomic E-state index is -4.29. The molecule has 0 N–H and O–H groups in total. The molecule has 2 aliphatic rings. The number of likely N-dealkylation sites (tertiary alicyclic amines) is 2. The summed E-state index contributed by atoms with van der Waals surface area (Å²) in [4.78, 5) is 19.0. The first-order valence-electron chi connectivity index (χ1n) is 11.2. The third-order valence-corrected chi connectivity index (χ3v) is 6.44. The molecule has 0 spiro atoms. The van der Waals surface area contributed by atoms with Gasteiger partial charge in [0.05, 0.1) is 12.1 Å². The van der Waals surface area contributed by atoms with E-state index in [-0.39, 0.29) is 5.91 Å². The molecule has 2 aliphatic heterocycles. The number of hydrogen-bond acceptors (Lipinski definition) is 3. The van der Waals surface area contributed by atoms with E-state index in [0.29, 0.717) is 18.9 Å². The molecule has 0 aromatic heterocycles. The lowest BCUT2D eigenvalue weighted by molar-refractivity contribution is -0.137. The van der Waals surface area contributed by atoms with Crippen LogP contribution in [0.2, 0.25) is 0 Å². The standard InChI is InChI=1S/C23H34F3N3O/c1-27(22(30)18-29-11-3-2-4-12-29)17-20-9-14-28(15-10-20)13-8-19-6-5-7-21(16-19)23(24,25)26/h5-7,16,20H,2-4,8-15,17-18H2,1H3. The van der Waals surface area contributed by atoms with Crippen molar-refractivity contribution < 1.29 is 18.0 Å². The van der Waals surface area contributed by atoms with Crippen molar-refractivity contribution in [3.63, 3.8) is 0 Å². The van der Waals surface area contributed by atoms with Gasteiger partial charge in [-0.15, -0.1) is 0 Å². The number of rotatable bonds is 7. The van der Waals surface area contributed by atoms with Crippen LogP contribution in [0.5, 0.6) is 0 Å². The third-order valence-electron chi connectivity index (χ3n) is 6.44. The molecule has 2 saturated heterocycles. The van der Waals surface area contributed by atoms with Gasteiger partial charge in [-0.2, -0.15) is 13.2 Å². The van der Waals surface area contributed by atoms with E-state index >= 15 is 0 Å². The Balaban J connectivity index is 1.37. The zero-order valence-electron chi connectivity index (χ0n) is 18.0. The molecule has 1 aromatic rings. The number of likely N-dealkylation sites (N-methyl/N-ethyl adjacent to an activating group) is 1. The predicted molar refractivity (Wildman–Crippen MR) is 112 cm³/mol.